The first-order chi connectivity index (χ1) is 12.5. The monoisotopic (exact) mass is 390 g/mol. The average molecular weight is 390 g/mol. The molecule has 0 heterocycles. The number of primary amides is 1. The van der Waals surface area contributed by atoms with Crippen molar-refractivity contribution in [2.45, 2.75) is 38.6 Å². The Morgan fingerprint density at radius 2 is 1.78 bits per heavy atom. The van der Waals surface area contributed by atoms with Crippen LogP contribution in [0.15, 0.2) is 24.3 Å². The average Bonchev–Trinajstić information content (AvgIpc) is 2.59. The number of hydrogen-bond donors (Lipinski definition) is 3. The van der Waals surface area contributed by atoms with Gasteiger partial charge in [0.25, 0.3) is 5.91 Å². The number of hydrogen-bond acceptors (Lipinski definition) is 5. The molecule has 0 saturated heterocycles. The lowest BCUT2D eigenvalue weighted by atomic mass is 10.0. The summed E-state index contributed by atoms with van der Waals surface area (Å²) < 4.78 is 42.5. The van der Waals surface area contributed by atoms with Crippen LogP contribution >= 0.6 is 0 Å². The van der Waals surface area contributed by atoms with Crippen LogP contribution in [-0.2, 0) is 25.3 Å². The van der Waals surface area contributed by atoms with Gasteiger partial charge in [-0.1, -0.05) is 19.1 Å². The van der Waals surface area contributed by atoms with E-state index >= 15 is 0 Å². The molecule has 0 spiro atoms. The van der Waals surface area contributed by atoms with E-state index in [0.717, 1.165) is 24.3 Å². The molecule has 0 aliphatic carbocycles. The predicted molar refractivity (Wildman–Crippen MR) is 87.9 cm³/mol. The van der Waals surface area contributed by atoms with Gasteiger partial charge in [0.2, 0.25) is 5.91 Å². The van der Waals surface area contributed by atoms with E-state index in [9.17, 15) is 32.7 Å². The summed E-state index contributed by atoms with van der Waals surface area (Å²) in [6.07, 6.45) is -6.52. The third-order valence-electron chi connectivity index (χ3n) is 3.74. The van der Waals surface area contributed by atoms with Crippen LogP contribution < -0.4 is 11.1 Å². The van der Waals surface area contributed by atoms with Gasteiger partial charge in [-0.05, 0) is 31.0 Å². The Morgan fingerprint density at radius 1 is 1.22 bits per heavy atom. The third-order valence-corrected chi connectivity index (χ3v) is 3.74. The SMILES string of the molecule is CCOC(=O)[C@@H](C)C[C@@H](NC(=O)[C@@H](O)c1ccc(C(F)(F)F)cc1)C(N)=O. The van der Waals surface area contributed by atoms with Crippen molar-refractivity contribution >= 4 is 17.8 Å². The molecule has 0 fully saturated rings. The van der Waals surface area contributed by atoms with E-state index in [2.05, 4.69) is 5.32 Å². The number of nitrogens with two attached hydrogens (primary N) is 1. The molecule has 10 heteroatoms. The highest BCUT2D eigenvalue weighted by Gasteiger charge is 2.31. The summed E-state index contributed by atoms with van der Waals surface area (Å²) in [5.41, 5.74) is 4.17. The Labute approximate surface area is 153 Å². The molecule has 0 bridgehead atoms. The summed E-state index contributed by atoms with van der Waals surface area (Å²) in [4.78, 5) is 35.3. The van der Waals surface area contributed by atoms with Gasteiger partial charge >= 0.3 is 12.1 Å². The Hall–Kier alpha value is -2.62. The van der Waals surface area contributed by atoms with E-state index in [4.69, 9.17) is 10.5 Å². The van der Waals surface area contributed by atoms with Crippen LogP contribution in [0.4, 0.5) is 13.2 Å². The van der Waals surface area contributed by atoms with Crippen LogP contribution in [0.1, 0.15) is 37.5 Å². The Kier molecular flexibility index (Phi) is 7.77. The van der Waals surface area contributed by atoms with E-state index in [0.29, 0.717) is 0 Å². The van der Waals surface area contributed by atoms with Crippen LogP contribution in [0.5, 0.6) is 0 Å². The molecule has 0 radical (unpaired) electrons. The van der Waals surface area contributed by atoms with E-state index in [1.807, 2.05) is 0 Å². The number of halogens is 3. The Balaban J connectivity index is 2.80. The smallest absolute Gasteiger partial charge is 0.416 e. The third kappa shape index (κ3) is 6.55. The van der Waals surface area contributed by atoms with Gasteiger partial charge < -0.3 is 20.9 Å². The van der Waals surface area contributed by atoms with Crippen molar-refractivity contribution in [2.75, 3.05) is 6.61 Å². The van der Waals surface area contributed by atoms with Crippen LogP contribution in [-0.4, -0.2) is 35.5 Å². The van der Waals surface area contributed by atoms with Gasteiger partial charge in [-0.2, -0.15) is 13.2 Å². The molecule has 0 unspecified atom stereocenters. The first-order valence-corrected chi connectivity index (χ1v) is 8.08. The van der Waals surface area contributed by atoms with Crippen LogP contribution in [0, 0.1) is 5.92 Å². The molecule has 3 atom stereocenters. The Bertz CT molecular complexity index is 676. The van der Waals surface area contributed by atoms with Crippen molar-refractivity contribution in [3.05, 3.63) is 35.4 Å². The zero-order valence-corrected chi connectivity index (χ0v) is 14.7. The summed E-state index contributed by atoms with van der Waals surface area (Å²) in [6, 6.07) is 2.09. The van der Waals surface area contributed by atoms with Crippen molar-refractivity contribution in [3.8, 4) is 0 Å². The molecule has 0 aliphatic heterocycles. The standard InChI is InChI=1S/C17H21F3N2O5/c1-3-27-16(26)9(2)8-12(14(21)24)22-15(25)13(23)10-4-6-11(7-5-10)17(18,19)20/h4-7,9,12-13,23H,3,8H2,1-2H3,(H2,21,24)(H,22,25)/t9-,12+,13-/m0/s1. The minimum absolute atomic E-state index is 0.0952. The van der Waals surface area contributed by atoms with Crippen LogP contribution in [0.3, 0.4) is 0 Å². The van der Waals surface area contributed by atoms with Crippen molar-refractivity contribution in [1.29, 1.82) is 0 Å². The molecule has 1 rings (SSSR count). The molecule has 0 aromatic heterocycles. The number of aliphatic hydroxyl groups excluding tert-OH is 1. The topological polar surface area (TPSA) is 119 Å². The summed E-state index contributed by atoms with van der Waals surface area (Å²) in [5, 5.41) is 12.2. The number of nitrogens with one attached hydrogen (secondary N) is 1. The molecule has 0 aliphatic rings. The molecule has 4 N–H and O–H groups in total. The van der Waals surface area contributed by atoms with Gasteiger partial charge in [0.1, 0.15) is 6.04 Å². The quantitative estimate of drug-likeness (QED) is 0.578. The lowest BCUT2D eigenvalue weighted by molar-refractivity contribution is -0.148. The van der Waals surface area contributed by atoms with Crippen molar-refractivity contribution < 1.29 is 37.4 Å². The molecule has 0 saturated carbocycles. The lowest BCUT2D eigenvalue weighted by Gasteiger charge is -2.20. The molecule has 1 aromatic rings. The second kappa shape index (κ2) is 9.36. The molecular formula is C17H21F3N2O5. The van der Waals surface area contributed by atoms with Gasteiger partial charge in [0.05, 0.1) is 18.1 Å². The first kappa shape index (κ1) is 22.4. The highest BCUT2D eigenvalue weighted by molar-refractivity contribution is 5.89. The molecule has 27 heavy (non-hydrogen) atoms. The maximum atomic E-state index is 12.6. The second-order valence-electron chi connectivity index (χ2n) is 5.87. The summed E-state index contributed by atoms with van der Waals surface area (Å²) in [7, 11) is 0. The molecule has 150 valence electrons. The van der Waals surface area contributed by atoms with Crippen LogP contribution in [0.25, 0.3) is 0 Å². The highest BCUT2D eigenvalue weighted by atomic mass is 19.4. The Morgan fingerprint density at radius 3 is 2.22 bits per heavy atom. The van der Waals surface area contributed by atoms with E-state index in [1.54, 1.807) is 6.92 Å². The van der Waals surface area contributed by atoms with Crippen molar-refractivity contribution in [1.82, 2.24) is 5.32 Å². The number of esters is 1. The lowest BCUT2D eigenvalue weighted by Crippen LogP contribution is -2.47. The first-order valence-electron chi connectivity index (χ1n) is 8.08. The molecule has 7 nitrogen and oxygen atoms in total. The highest BCUT2D eigenvalue weighted by Crippen LogP contribution is 2.30. The van der Waals surface area contributed by atoms with Gasteiger partial charge in [-0.25, -0.2) is 0 Å². The largest absolute Gasteiger partial charge is 0.466 e. The van der Waals surface area contributed by atoms with Gasteiger partial charge in [-0.3, -0.25) is 14.4 Å². The zero-order valence-electron chi connectivity index (χ0n) is 14.7. The fourth-order valence-corrected chi connectivity index (χ4v) is 2.24. The normalized spacial score (nSPS) is 14.7. The summed E-state index contributed by atoms with van der Waals surface area (Å²) in [6.45, 7) is 3.23. The van der Waals surface area contributed by atoms with E-state index in [1.165, 1.54) is 6.92 Å². The molecule has 2 amide bonds. The number of ether oxygens (including phenoxy) is 1. The zero-order chi connectivity index (χ0) is 20.8. The molecular weight excluding hydrogens is 369 g/mol. The number of carbonyl (C=O) groups excluding carboxylic acids is 3. The fraction of sp³-hybridized carbons (Fsp3) is 0.471. The van der Waals surface area contributed by atoms with Gasteiger partial charge in [-0.15, -0.1) is 0 Å². The number of aliphatic hydroxyl groups is 1. The maximum absolute atomic E-state index is 12.6. The molecule has 1 aromatic carbocycles. The summed E-state index contributed by atoms with van der Waals surface area (Å²) in [5.74, 6) is -3.29. The van der Waals surface area contributed by atoms with Gasteiger partial charge in [0, 0.05) is 0 Å². The minimum atomic E-state index is -4.55. The maximum Gasteiger partial charge on any atom is 0.416 e. The van der Waals surface area contributed by atoms with Crippen molar-refractivity contribution in [3.63, 3.8) is 0 Å². The minimum Gasteiger partial charge on any atom is -0.466 e. The fourth-order valence-electron chi connectivity index (χ4n) is 2.24. The number of amides is 2. The number of carbonyl (C=O) groups is 3. The van der Waals surface area contributed by atoms with Crippen LogP contribution in [0.2, 0.25) is 0 Å². The van der Waals surface area contributed by atoms with Crippen molar-refractivity contribution in [2.24, 2.45) is 11.7 Å². The number of alkyl halides is 3. The number of rotatable bonds is 8. The number of benzene rings is 1. The van der Waals surface area contributed by atoms with Gasteiger partial charge in [0.15, 0.2) is 6.10 Å². The van der Waals surface area contributed by atoms with E-state index < -0.39 is 47.6 Å². The predicted octanol–water partition coefficient (Wildman–Crippen LogP) is 1.30. The van der Waals surface area contributed by atoms with E-state index in [-0.39, 0.29) is 18.6 Å². The second-order valence-corrected chi connectivity index (χ2v) is 5.87. The summed E-state index contributed by atoms with van der Waals surface area (Å²) >= 11 is 0.